The van der Waals surface area contributed by atoms with Gasteiger partial charge in [-0.1, -0.05) is 6.07 Å². The highest BCUT2D eigenvalue weighted by Crippen LogP contribution is 2.21. The van der Waals surface area contributed by atoms with E-state index in [4.69, 9.17) is 0 Å². The summed E-state index contributed by atoms with van der Waals surface area (Å²) in [6.45, 7) is 2.23. The zero-order valence-corrected chi connectivity index (χ0v) is 11.0. The maximum Gasteiger partial charge on any atom is 0.269 e. The van der Waals surface area contributed by atoms with Gasteiger partial charge in [-0.15, -0.1) is 5.75 Å². The molecule has 0 radical (unpaired) electrons. The highest BCUT2D eigenvalue weighted by Gasteiger charge is 2.09. The Morgan fingerprint density at radius 1 is 1.39 bits per heavy atom. The van der Waals surface area contributed by atoms with Gasteiger partial charge in [0.25, 0.3) is 5.69 Å². The summed E-state index contributed by atoms with van der Waals surface area (Å²) < 4.78 is 0. The molecule has 6 heteroatoms. The number of nitro benzene ring substituents is 1. The van der Waals surface area contributed by atoms with E-state index >= 15 is 0 Å². The summed E-state index contributed by atoms with van der Waals surface area (Å²) in [7, 11) is 6.02. The number of hydrogen-bond acceptors (Lipinski definition) is 4. The predicted molar refractivity (Wildman–Crippen MR) is 66.6 cm³/mol. The molecule has 0 aliphatic carbocycles. The average molecular weight is 253 g/mol. The van der Waals surface area contributed by atoms with E-state index in [9.17, 15) is 15.2 Å². The van der Waals surface area contributed by atoms with E-state index in [0.29, 0.717) is 12.1 Å². The van der Waals surface area contributed by atoms with Gasteiger partial charge in [-0.2, -0.15) is 0 Å². The van der Waals surface area contributed by atoms with Gasteiger partial charge < -0.3 is 10.0 Å². The summed E-state index contributed by atoms with van der Waals surface area (Å²) >= 11 is 0. The van der Waals surface area contributed by atoms with Crippen molar-refractivity contribution in [1.29, 1.82) is 0 Å². The standard InChI is InChI=1S/C12H19N3O3/c1-13(2)6-7-14(3)9-10-8-11(15(17)18)4-5-12(10)16/h4-5,8,16H,6-7,9H2,1-3H3. The molecule has 0 spiro atoms. The summed E-state index contributed by atoms with van der Waals surface area (Å²) in [6.07, 6.45) is 0. The van der Waals surface area contributed by atoms with Crippen molar-refractivity contribution in [2.45, 2.75) is 6.54 Å². The Kier molecular flexibility index (Phi) is 5.06. The molecule has 0 aliphatic rings. The molecule has 1 rings (SSSR count). The maximum absolute atomic E-state index is 11.6. The number of nitro groups is 1. The fourth-order valence-electron chi connectivity index (χ4n) is 1.59. The molecule has 1 aromatic carbocycles. The van der Waals surface area contributed by atoms with E-state index < -0.39 is 4.92 Å². The Hall–Kier alpha value is -1.66. The van der Waals surface area contributed by atoms with Crippen LogP contribution in [0.4, 0.5) is 5.69 Å². The molecule has 6 nitrogen and oxygen atoms in total. The lowest BCUT2D eigenvalue weighted by atomic mass is 10.1. The lowest BCUT2D eigenvalue weighted by Gasteiger charge is -2.21. The first-order valence-electron chi connectivity index (χ1n) is 5.82. The first-order chi connectivity index (χ1) is 8.40. The maximum atomic E-state index is 11.6. The fourth-order valence-corrected chi connectivity index (χ4v) is 1.59. The van der Waals surface area contributed by atoms with Crippen LogP contribution >= 0.6 is 0 Å². The first kappa shape index (κ1) is 14.4. The minimum Gasteiger partial charge on any atom is -0.872 e. The SMILES string of the molecule is CN(CC[NH+](C)C)Cc1cc([N+](=O)[O-])ccc1[O-]. The molecule has 0 unspecified atom stereocenters. The molecular formula is C12H19N3O3. The summed E-state index contributed by atoms with van der Waals surface area (Å²) in [4.78, 5) is 13.5. The smallest absolute Gasteiger partial charge is 0.269 e. The Bertz CT molecular complexity index is 421. The summed E-state index contributed by atoms with van der Waals surface area (Å²) in [5.74, 6) is -0.148. The lowest BCUT2D eigenvalue weighted by molar-refractivity contribution is -0.857. The van der Waals surface area contributed by atoms with Crippen molar-refractivity contribution in [2.75, 3.05) is 34.2 Å². The van der Waals surface area contributed by atoms with Gasteiger partial charge in [-0.25, -0.2) is 0 Å². The van der Waals surface area contributed by atoms with E-state index in [1.165, 1.54) is 23.1 Å². The molecule has 0 heterocycles. The average Bonchev–Trinajstić information content (AvgIpc) is 2.29. The Morgan fingerprint density at radius 2 is 2.06 bits per heavy atom. The molecule has 1 aromatic rings. The van der Waals surface area contributed by atoms with E-state index in [-0.39, 0.29) is 11.4 Å². The fraction of sp³-hybridized carbons (Fsp3) is 0.500. The monoisotopic (exact) mass is 253 g/mol. The number of nitrogens with one attached hydrogen (secondary N) is 1. The van der Waals surface area contributed by atoms with E-state index in [2.05, 4.69) is 14.1 Å². The number of likely N-dealkylation sites (N-methyl/N-ethyl adjacent to an activating group) is 2. The zero-order valence-electron chi connectivity index (χ0n) is 11.0. The molecule has 0 aliphatic heterocycles. The largest absolute Gasteiger partial charge is 0.872 e. The third-order valence-electron chi connectivity index (χ3n) is 2.69. The number of quaternary nitrogens is 1. The van der Waals surface area contributed by atoms with Crippen LogP contribution in [-0.2, 0) is 6.54 Å². The molecule has 0 fully saturated rings. The minimum absolute atomic E-state index is 0.0313. The number of rotatable bonds is 6. The Labute approximate surface area is 107 Å². The third kappa shape index (κ3) is 4.31. The van der Waals surface area contributed by atoms with Crippen LogP contribution in [-0.4, -0.2) is 44.1 Å². The van der Waals surface area contributed by atoms with Crippen LogP contribution in [0.15, 0.2) is 18.2 Å². The van der Waals surface area contributed by atoms with Gasteiger partial charge in [0, 0.05) is 25.2 Å². The number of nitrogens with zero attached hydrogens (tertiary/aromatic N) is 2. The van der Waals surface area contributed by atoms with Crippen LogP contribution in [0.1, 0.15) is 5.56 Å². The molecule has 0 saturated heterocycles. The van der Waals surface area contributed by atoms with Gasteiger partial charge in [0.15, 0.2) is 0 Å². The first-order valence-corrected chi connectivity index (χ1v) is 5.82. The normalized spacial score (nSPS) is 11.2. The molecule has 0 atom stereocenters. The van der Waals surface area contributed by atoms with Gasteiger partial charge in [-0.05, 0) is 12.6 Å². The number of non-ortho nitro benzene ring substituents is 1. The molecule has 18 heavy (non-hydrogen) atoms. The van der Waals surface area contributed by atoms with Crippen LogP contribution in [0.2, 0.25) is 0 Å². The molecule has 1 N–H and O–H groups in total. The molecule has 0 amide bonds. The minimum atomic E-state index is -0.479. The van der Waals surface area contributed by atoms with Crippen molar-refractivity contribution < 1.29 is 14.9 Å². The third-order valence-corrected chi connectivity index (χ3v) is 2.69. The van der Waals surface area contributed by atoms with Crippen molar-refractivity contribution >= 4 is 5.69 Å². The lowest BCUT2D eigenvalue weighted by Crippen LogP contribution is -3.06. The Morgan fingerprint density at radius 3 is 2.61 bits per heavy atom. The number of hydrogen-bond donors (Lipinski definition) is 1. The molecule has 100 valence electrons. The molecule has 0 aromatic heterocycles. The summed E-state index contributed by atoms with van der Waals surface area (Å²) in [5, 5.41) is 22.3. The van der Waals surface area contributed by atoms with Gasteiger partial charge in [0.1, 0.15) is 0 Å². The van der Waals surface area contributed by atoms with Gasteiger partial charge in [0.05, 0.1) is 25.6 Å². The second-order valence-corrected chi connectivity index (χ2v) is 4.74. The van der Waals surface area contributed by atoms with Crippen LogP contribution in [0.3, 0.4) is 0 Å². The van der Waals surface area contributed by atoms with Crippen molar-refractivity contribution in [3.8, 4) is 5.75 Å². The van der Waals surface area contributed by atoms with Crippen LogP contribution < -0.4 is 10.0 Å². The van der Waals surface area contributed by atoms with E-state index in [1.807, 2.05) is 11.9 Å². The predicted octanol–water partition coefficient (Wildman–Crippen LogP) is -0.755. The highest BCUT2D eigenvalue weighted by molar-refractivity contribution is 5.42. The topological polar surface area (TPSA) is 73.9 Å². The molecular weight excluding hydrogens is 234 g/mol. The van der Waals surface area contributed by atoms with Gasteiger partial charge in [0.2, 0.25) is 0 Å². The van der Waals surface area contributed by atoms with E-state index in [0.717, 1.165) is 13.1 Å². The van der Waals surface area contributed by atoms with Crippen molar-refractivity contribution in [3.63, 3.8) is 0 Å². The van der Waals surface area contributed by atoms with E-state index in [1.54, 1.807) is 0 Å². The second kappa shape index (κ2) is 6.32. The highest BCUT2D eigenvalue weighted by atomic mass is 16.6. The quantitative estimate of drug-likeness (QED) is 0.534. The molecule has 0 bridgehead atoms. The number of benzene rings is 1. The summed E-state index contributed by atoms with van der Waals surface area (Å²) in [5.41, 5.74) is 0.441. The van der Waals surface area contributed by atoms with Crippen LogP contribution in [0.25, 0.3) is 0 Å². The van der Waals surface area contributed by atoms with Crippen molar-refractivity contribution in [2.24, 2.45) is 0 Å². The van der Waals surface area contributed by atoms with Crippen LogP contribution in [0.5, 0.6) is 5.75 Å². The van der Waals surface area contributed by atoms with Crippen molar-refractivity contribution in [1.82, 2.24) is 4.90 Å². The second-order valence-electron chi connectivity index (χ2n) is 4.74. The van der Waals surface area contributed by atoms with Crippen molar-refractivity contribution in [3.05, 3.63) is 33.9 Å². The van der Waals surface area contributed by atoms with Crippen LogP contribution in [0, 0.1) is 10.1 Å². The van der Waals surface area contributed by atoms with Gasteiger partial charge >= 0.3 is 0 Å². The zero-order chi connectivity index (χ0) is 13.7. The Balaban J connectivity index is 2.71. The summed E-state index contributed by atoms with van der Waals surface area (Å²) in [6, 6.07) is 3.87. The van der Waals surface area contributed by atoms with Gasteiger partial charge in [-0.3, -0.25) is 15.0 Å². The molecule has 0 saturated carbocycles.